The van der Waals surface area contributed by atoms with Gasteiger partial charge in [0.25, 0.3) is 5.91 Å². The van der Waals surface area contributed by atoms with Crippen LogP contribution >= 0.6 is 0 Å². The lowest BCUT2D eigenvalue weighted by Gasteiger charge is -2.22. The predicted molar refractivity (Wildman–Crippen MR) is 128 cm³/mol. The standard InChI is InChI=1S/C25H27F3N4O6/c1-5-37-23(34)15-10-24(3,35)11-32(15)22(33)19-20(12(2)29)38-21(31-19)14-6-8-16(36-4)18-13(14)7-9-17(30-18)25(26,27)28/h6-9,12,15,35H,5,10-11,29H2,1-4H3/t12-,15-,24?/m0/s1. The first-order valence-corrected chi connectivity index (χ1v) is 11.8. The van der Waals surface area contributed by atoms with Gasteiger partial charge in [-0.3, -0.25) is 4.79 Å². The van der Waals surface area contributed by atoms with Crippen LogP contribution in [0, 0.1) is 0 Å². The summed E-state index contributed by atoms with van der Waals surface area (Å²) in [6.07, 6.45) is -4.71. The topological polar surface area (TPSA) is 141 Å². The van der Waals surface area contributed by atoms with E-state index in [2.05, 4.69) is 9.97 Å². The molecule has 3 atom stereocenters. The van der Waals surface area contributed by atoms with Gasteiger partial charge in [-0.1, -0.05) is 0 Å². The molecule has 38 heavy (non-hydrogen) atoms. The van der Waals surface area contributed by atoms with Crippen molar-refractivity contribution in [2.45, 2.75) is 51.1 Å². The highest BCUT2D eigenvalue weighted by Gasteiger charge is 2.47. The molecule has 3 aromatic rings. The van der Waals surface area contributed by atoms with Gasteiger partial charge in [0.15, 0.2) is 11.5 Å². The first-order valence-electron chi connectivity index (χ1n) is 11.8. The number of hydrogen-bond donors (Lipinski definition) is 2. The van der Waals surface area contributed by atoms with Gasteiger partial charge in [-0.05, 0) is 45.0 Å². The quantitative estimate of drug-likeness (QED) is 0.453. The van der Waals surface area contributed by atoms with E-state index in [1.165, 1.54) is 32.2 Å². The smallest absolute Gasteiger partial charge is 0.433 e. The van der Waals surface area contributed by atoms with Crippen LogP contribution in [0.1, 0.15) is 55.2 Å². The Morgan fingerprint density at radius 3 is 2.61 bits per heavy atom. The summed E-state index contributed by atoms with van der Waals surface area (Å²) in [6.45, 7) is 4.62. The van der Waals surface area contributed by atoms with Crippen molar-refractivity contribution in [1.82, 2.24) is 14.9 Å². The third-order valence-electron chi connectivity index (χ3n) is 6.17. The van der Waals surface area contributed by atoms with Crippen LogP contribution in [0.5, 0.6) is 5.75 Å². The molecule has 1 aliphatic heterocycles. The van der Waals surface area contributed by atoms with Crippen molar-refractivity contribution in [2.24, 2.45) is 5.73 Å². The highest BCUT2D eigenvalue weighted by Crippen LogP contribution is 2.38. The number of β-amino-alcohol motifs (C(OH)–C–C–N with tert-alkyl or cyclic N) is 1. The number of hydrogen-bond acceptors (Lipinski definition) is 9. The number of methoxy groups -OCH3 is 1. The number of halogens is 3. The number of oxazole rings is 1. The molecule has 13 heteroatoms. The van der Waals surface area contributed by atoms with Crippen LogP contribution in [0.3, 0.4) is 0 Å². The van der Waals surface area contributed by atoms with Gasteiger partial charge in [-0.15, -0.1) is 0 Å². The summed E-state index contributed by atoms with van der Waals surface area (Å²) in [4.78, 5) is 35.4. The Bertz CT molecular complexity index is 1390. The van der Waals surface area contributed by atoms with E-state index >= 15 is 0 Å². The van der Waals surface area contributed by atoms with Crippen molar-refractivity contribution in [3.63, 3.8) is 0 Å². The second-order valence-corrected chi connectivity index (χ2v) is 9.33. The molecule has 1 amide bonds. The number of nitrogens with two attached hydrogens (primary N) is 1. The second-order valence-electron chi connectivity index (χ2n) is 9.33. The number of likely N-dealkylation sites (tertiary alicyclic amines) is 1. The summed E-state index contributed by atoms with van der Waals surface area (Å²) in [5.41, 5.74) is 3.59. The Hall–Kier alpha value is -3.71. The minimum atomic E-state index is -4.67. The number of aromatic nitrogens is 2. The van der Waals surface area contributed by atoms with Crippen molar-refractivity contribution in [3.8, 4) is 17.2 Å². The number of pyridine rings is 1. The fourth-order valence-corrected chi connectivity index (χ4v) is 4.48. The average molecular weight is 537 g/mol. The molecule has 0 bridgehead atoms. The number of nitrogens with zero attached hydrogens (tertiary/aromatic N) is 3. The summed E-state index contributed by atoms with van der Waals surface area (Å²) in [5, 5.41) is 10.8. The van der Waals surface area contributed by atoms with Gasteiger partial charge in [0.2, 0.25) is 5.89 Å². The zero-order valence-corrected chi connectivity index (χ0v) is 21.1. The van der Waals surface area contributed by atoms with Gasteiger partial charge in [-0.2, -0.15) is 13.2 Å². The van der Waals surface area contributed by atoms with Crippen LogP contribution in [0.4, 0.5) is 13.2 Å². The minimum absolute atomic E-state index is 0.00277. The molecule has 0 spiro atoms. The highest BCUT2D eigenvalue weighted by atomic mass is 19.4. The van der Waals surface area contributed by atoms with Gasteiger partial charge in [0, 0.05) is 17.4 Å². The summed E-state index contributed by atoms with van der Waals surface area (Å²) < 4.78 is 56.1. The lowest BCUT2D eigenvalue weighted by Crippen LogP contribution is -2.42. The summed E-state index contributed by atoms with van der Waals surface area (Å²) >= 11 is 0. The Morgan fingerprint density at radius 1 is 1.29 bits per heavy atom. The van der Waals surface area contributed by atoms with Crippen LogP contribution in [-0.2, 0) is 15.7 Å². The van der Waals surface area contributed by atoms with Gasteiger partial charge in [-0.25, -0.2) is 14.8 Å². The Balaban J connectivity index is 1.82. The van der Waals surface area contributed by atoms with Crippen molar-refractivity contribution in [3.05, 3.63) is 41.4 Å². The van der Waals surface area contributed by atoms with Crippen LogP contribution < -0.4 is 10.5 Å². The number of alkyl halides is 3. The molecule has 10 nitrogen and oxygen atoms in total. The molecule has 1 saturated heterocycles. The summed E-state index contributed by atoms with van der Waals surface area (Å²) in [5.74, 6) is -1.37. The Morgan fingerprint density at radius 2 is 2.00 bits per heavy atom. The lowest BCUT2D eigenvalue weighted by atomic mass is 10.0. The zero-order chi connectivity index (χ0) is 28.0. The van der Waals surface area contributed by atoms with Gasteiger partial charge in [0.05, 0.1) is 31.9 Å². The summed E-state index contributed by atoms with van der Waals surface area (Å²) in [6, 6.07) is 3.11. The average Bonchev–Trinajstić information content (AvgIpc) is 3.43. The molecule has 204 valence electrons. The minimum Gasteiger partial charge on any atom is -0.494 e. The Labute approximate surface area is 215 Å². The van der Waals surface area contributed by atoms with Gasteiger partial charge in [0.1, 0.15) is 23.0 Å². The fraction of sp³-hybridized carbons (Fsp3) is 0.440. The SMILES string of the molecule is CCOC(=O)[C@@H]1CC(C)(O)CN1C(=O)c1nc(-c2ccc(OC)c3nc(C(F)(F)F)ccc23)oc1[C@H](C)N. The second kappa shape index (κ2) is 9.87. The normalized spacial score (nSPS) is 20.6. The number of benzene rings is 1. The molecule has 1 fully saturated rings. The van der Waals surface area contributed by atoms with Crippen LogP contribution in [0.2, 0.25) is 0 Å². The number of carbonyl (C=O) groups excluding carboxylic acids is 2. The third-order valence-corrected chi connectivity index (χ3v) is 6.17. The van der Waals surface area contributed by atoms with Crippen molar-refractivity contribution < 1.29 is 41.8 Å². The highest BCUT2D eigenvalue weighted by molar-refractivity contribution is 5.99. The van der Waals surface area contributed by atoms with Crippen molar-refractivity contribution >= 4 is 22.8 Å². The first-order chi connectivity index (χ1) is 17.8. The molecular formula is C25H27F3N4O6. The molecule has 1 aliphatic rings. The third kappa shape index (κ3) is 5.03. The van der Waals surface area contributed by atoms with Gasteiger partial charge < -0.3 is 29.6 Å². The number of carbonyl (C=O) groups is 2. The van der Waals surface area contributed by atoms with E-state index in [1.807, 2.05) is 0 Å². The molecule has 1 aromatic carbocycles. The van der Waals surface area contributed by atoms with E-state index in [0.717, 1.165) is 11.0 Å². The van der Waals surface area contributed by atoms with Crippen molar-refractivity contribution in [2.75, 3.05) is 20.3 Å². The van der Waals surface area contributed by atoms with E-state index < -0.39 is 41.4 Å². The molecule has 3 heterocycles. The number of ether oxygens (including phenoxy) is 2. The number of rotatable bonds is 6. The predicted octanol–water partition coefficient (Wildman–Crippen LogP) is 3.47. The van der Waals surface area contributed by atoms with Crippen LogP contribution in [0.25, 0.3) is 22.4 Å². The van der Waals surface area contributed by atoms with E-state index in [1.54, 1.807) is 13.8 Å². The lowest BCUT2D eigenvalue weighted by molar-refractivity contribution is -0.147. The van der Waals surface area contributed by atoms with Gasteiger partial charge >= 0.3 is 12.1 Å². The van der Waals surface area contributed by atoms with E-state index in [-0.39, 0.29) is 59.1 Å². The van der Waals surface area contributed by atoms with Crippen molar-refractivity contribution in [1.29, 1.82) is 0 Å². The Kier molecular flexibility index (Phi) is 7.10. The maximum Gasteiger partial charge on any atom is 0.433 e. The number of fused-ring (bicyclic) bond motifs is 1. The maximum absolute atomic E-state index is 13.6. The number of esters is 1. The molecule has 0 aliphatic carbocycles. The van der Waals surface area contributed by atoms with E-state index in [9.17, 15) is 27.9 Å². The number of aliphatic hydroxyl groups is 1. The first kappa shape index (κ1) is 27.3. The molecule has 0 radical (unpaired) electrons. The van der Waals surface area contributed by atoms with E-state index in [4.69, 9.17) is 19.6 Å². The molecule has 2 aromatic heterocycles. The fourth-order valence-electron chi connectivity index (χ4n) is 4.48. The zero-order valence-electron chi connectivity index (χ0n) is 21.1. The molecular weight excluding hydrogens is 509 g/mol. The monoisotopic (exact) mass is 536 g/mol. The molecule has 4 rings (SSSR count). The largest absolute Gasteiger partial charge is 0.494 e. The molecule has 3 N–H and O–H groups in total. The molecule has 0 saturated carbocycles. The number of amides is 1. The summed E-state index contributed by atoms with van der Waals surface area (Å²) in [7, 11) is 1.30. The van der Waals surface area contributed by atoms with Crippen LogP contribution in [0.15, 0.2) is 28.7 Å². The maximum atomic E-state index is 13.6. The molecule has 1 unspecified atom stereocenters. The van der Waals surface area contributed by atoms with E-state index in [0.29, 0.717) is 0 Å². The van der Waals surface area contributed by atoms with Crippen LogP contribution in [-0.4, -0.2) is 63.8 Å².